The Balaban J connectivity index is 0.000000218. The average Bonchev–Trinajstić information content (AvgIpc) is 1.87. The van der Waals surface area contributed by atoms with Gasteiger partial charge < -0.3 is 14.9 Å². The van der Waals surface area contributed by atoms with E-state index < -0.39 is 8.25 Å². The standard InChI is InChI=1S/C5H5NO.H3O3P/c7-5-3-1-2-4-6-5;1-4(2)3/h1-4H,(H,6,7);4H,(H2,1,2,3). The molecule has 1 aromatic rings. The molecule has 1 aromatic heterocycles. The maximum atomic E-state index is 8.74. The van der Waals surface area contributed by atoms with Gasteiger partial charge in [-0.2, -0.15) is 0 Å². The summed E-state index contributed by atoms with van der Waals surface area (Å²) in [6.07, 6.45) is 1.54. The van der Waals surface area contributed by atoms with E-state index in [1.54, 1.807) is 12.1 Å². The maximum Gasteiger partial charge on any atom is 0.314 e. The van der Waals surface area contributed by atoms with E-state index in [1.165, 1.54) is 12.3 Å². The van der Waals surface area contributed by atoms with Crippen molar-refractivity contribution in [1.82, 2.24) is 4.98 Å². The van der Waals surface area contributed by atoms with Crippen LogP contribution in [0.4, 0.5) is 0 Å². The maximum absolute atomic E-state index is 8.74. The van der Waals surface area contributed by atoms with Gasteiger partial charge in [-0.05, 0) is 6.07 Å². The topological polar surface area (TPSA) is 90.7 Å². The molecule has 11 heavy (non-hydrogen) atoms. The minimum Gasteiger partial charge on any atom is -0.493 e. The number of aromatic hydroxyl groups is 1. The first kappa shape index (κ1) is 10.1. The molecule has 0 bridgehead atoms. The highest BCUT2D eigenvalue weighted by Gasteiger charge is 1.76. The van der Waals surface area contributed by atoms with Gasteiger partial charge in [0.05, 0.1) is 0 Å². The SMILES string of the molecule is O=[PH](O)O.Oc1ccccn1. The van der Waals surface area contributed by atoms with Crippen molar-refractivity contribution >= 4 is 8.25 Å². The zero-order valence-corrected chi connectivity index (χ0v) is 6.51. The van der Waals surface area contributed by atoms with Gasteiger partial charge in [0.15, 0.2) is 0 Å². The van der Waals surface area contributed by atoms with Crippen LogP contribution in [-0.4, -0.2) is 19.9 Å². The lowest BCUT2D eigenvalue weighted by atomic mass is 10.5. The third-order valence-electron chi connectivity index (χ3n) is 0.649. The molecule has 0 atom stereocenters. The van der Waals surface area contributed by atoms with Crippen LogP contribution in [0.2, 0.25) is 0 Å². The van der Waals surface area contributed by atoms with Crippen molar-refractivity contribution in [2.75, 3.05) is 0 Å². The zero-order valence-electron chi connectivity index (χ0n) is 5.51. The number of hydrogen-bond acceptors (Lipinski definition) is 3. The molecule has 6 heteroatoms. The van der Waals surface area contributed by atoms with Crippen LogP contribution >= 0.6 is 8.25 Å². The lowest BCUT2D eigenvalue weighted by molar-refractivity contribution is 0.405. The van der Waals surface area contributed by atoms with Crippen molar-refractivity contribution in [3.05, 3.63) is 24.4 Å². The fraction of sp³-hybridized carbons (Fsp3) is 0. The van der Waals surface area contributed by atoms with Gasteiger partial charge in [0.2, 0.25) is 5.88 Å². The summed E-state index contributed by atoms with van der Waals surface area (Å²) in [6.45, 7) is 0. The van der Waals surface area contributed by atoms with Gasteiger partial charge in [0.1, 0.15) is 0 Å². The van der Waals surface area contributed by atoms with Crippen LogP contribution in [-0.2, 0) is 4.57 Å². The summed E-state index contributed by atoms with van der Waals surface area (Å²) in [5.74, 6) is 0.0718. The van der Waals surface area contributed by atoms with Crippen molar-refractivity contribution in [2.24, 2.45) is 0 Å². The molecule has 3 N–H and O–H groups in total. The van der Waals surface area contributed by atoms with Gasteiger partial charge in [-0.1, -0.05) is 6.07 Å². The van der Waals surface area contributed by atoms with Crippen molar-refractivity contribution in [2.45, 2.75) is 0 Å². The number of pyridine rings is 1. The molecule has 0 fully saturated rings. The Hall–Kier alpha value is -0.900. The highest BCUT2D eigenvalue weighted by atomic mass is 31.1. The first-order valence-corrected chi connectivity index (χ1v) is 3.95. The quantitative estimate of drug-likeness (QED) is 0.490. The van der Waals surface area contributed by atoms with Gasteiger partial charge in [0, 0.05) is 12.3 Å². The van der Waals surface area contributed by atoms with Gasteiger partial charge in [-0.25, -0.2) is 4.98 Å². The molecule has 0 spiro atoms. The van der Waals surface area contributed by atoms with Crippen LogP contribution in [0.25, 0.3) is 0 Å². The molecule has 0 radical (unpaired) electrons. The monoisotopic (exact) mass is 177 g/mol. The number of aromatic nitrogens is 1. The molecule has 0 aromatic carbocycles. The van der Waals surface area contributed by atoms with E-state index in [0.29, 0.717) is 0 Å². The van der Waals surface area contributed by atoms with E-state index in [4.69, 9.17) is 19.5 Å². The van der Waals surface area contributed by atoms with Crippen molar-refractivity contribution in [3.8, 4) is 5.88 Å². The number of hydrogen-bond donors (Lipinski definition) is 3. The Bertz CT molecular complexity index is 211. The lowest BCUT2D eigenvalue weighted by Gasteiger charge is -1.81. The van der Waals surface area contributed by atoms with E-state index in [1.807, 2.05) is 0 Å². The van der Waals surface area contributed by atoms with Crippen LogP contribution in [0.5, 0.6) is 5.88 Å². The third-order valence-corrected chi connectivity index (χ3v) is 0.649. The Morgan fingerprint density at radius 2 is 1.91 bits per heavy atom. The van der Waals surface area contributed by atoms with Crippen LogP contribution in [0.3, 0.4) is 0 Å². The highest BCUT2D eigenvalue weighted by molar-refractivity contribution is 7.30. The Morgan fingerprint density at radius 3 is 2.09 bits per heavy atom. The van der Waals surface area contributed by atoms with Crippen molar-refractivity contribution in [1.29, 1.82) is 0 Å². The molecule has 0 aliphatic rings. The third kappa shape index (κ3) is 9.10. The van der Waals surface area contributed by atoms with E-state index in [0.717, 1.165) is 0 Å². The van der Waals surface area contributed by atoms with Crippen molar-refractivity contribution < 1.29 is 19.5 Å². The Kier molecular flexibility index (Phi) is 5.37. The summed E-state index contributed by atoms with van der Waals surface area (Å²) >= 11 is 0. The molecule has 5 nitrogen and oxygen atoms in total. The molecule has 0 saturated carbocycles. The van der Waals surface area contributed by atoms with Gasteiger partial charge in [-0.15, -0.1) is 0 Å². The van der Waals surface area contributed by atoms with E-state index >= 15 is 0 Å². The van der Waals surface area contributed by atoms with Gasteiger partial charge in [-0.3, -0.25) is 4.57 Å². The second-order valence-corrected chi connectivity index (χ2v) is 2.04. The van der Waals surface area contributed by atoms with Crippen LogP contribution in [0.15, 0.2) is 24.4 Å². The summed E-state index contributed by atoms with van der Waals surface area (Å²) in [5, 5.41) is 8.52. The largest absolute Gasteiger partial charge is 0.493 e. The highest BCUT2D eigenvalue weighted by Crippen LogP contribution is 1.98. The summed E-state index contributed by atoms with van der Waals surface area (Å²) in [4.78, 5) is 17.8. The van der Waals surface area contributed by atoms with Crippen LogP contribution in [0, 0.1) is 0 Å². The summed E-state index contributed by atoms with van der Waals surface area (Å²) in [5.41, 5.74) is 0. The minimum absolute atomic E-state index is 0.0718. The fourth-order valence-electron chi connectivity index (χ4n) is 0.354. The van der Waals surface area contributed by atoms with E-state index in [-0.39, 0.29) is 5.88 Å². The van der Waals surface area contributed by atoms with Crippen LogP contribution in [0.1, 0.15) is 0 Å². The predicted octanol–water partition coefficient (Wildman–Crippen LogP) is 0.148. The zero-order chi connectivity index (χ0) is 8.69. The molecule has 0 aliphatic carbocycles. The first-order valence-electron chi connectivity index (χ1n) is 2.65. The average molecular weight is 177 g/mol. The molecule has 1 heterocycles. The molecule has 0 saturated heterocycles. The normalized spacial score (nSPS) is 8.64. The van der Waals surface area contributed by atoms with Crippen LogP contribution < -0.4 is 0 Å². The second-order valence-electron chi connectivity index (χ2n) is 1.47. The number of rotatable bonds is 0. The van der Waals surface area contributed by atoms with Crippen molar-refractivity contribution in [3.63, 3.8) is 0 Å². The van der Waals surface area contributed by atoms with E-state index in [2.05, 4.69) is 4.98 Å². The van der Waals surface area contributed by atoms with Gasteiger partial charge >= 0.3 is 8.25 Å². The molecule has 0 unspecified atom stereocenters. The minimum atomic E-state index is -3.13. The molecule has 0 aliphatic heterocycles. The summed E-state index contributed by atoms with van der Waals surface area (Å²) in [6, 6.07) is 5.00. The Morgan fingerprint density at radius 1 is 1.36 bits per heavy atom. The predicted molar refractivity (Wildman–Crippen MR) is 39.3 cm³/mol. The molecule has 0 amide bonds. The fourth-order valence-corrected chi connectivity index (χ4v) is 0.354. The molecule has 1 rings (SSSR count). The first-order chi connectivity index (χ1) is 5.13. The van der Waals surface area contributed by atoms with E-state index in [9.17, 15) is 0 Å². The number of nitrogens with zero attached hydrogens (tertiary/aromatic N) is 1. The summed E-state index contributed by atoms with van der Waals surface area (Å²) in [7, 11) is -3.13. The lowest BCUT2D eigenvalue weighted by Crippen LogP contribution is -1.66. The van der Waals surface area contributed by atoms with Gasteiger partial charge in [0.25, 0.3) is 0 Å². The summed E-state index contributed by atoms with van der Waals surface area (Å²) < 4.78 is 8.74. The second kappa shape index (κ2) is 5.85. The molecule has 62 valence electrons. The molecular weight excluding hydrogens is 169 g/mol. The smallest absolute Gasteiger partial charge is 0.314 e. The Labute approximate surface area is 63.9 Å². The molecular formula is C5H8NO4P.